The van der Waals surface area contributed by atoms with Gasteiger partial charge in [-0.3, -0.25) is 14.0 Å². The van der Waals surface area contributed by atoms with Gasteiger partial charge >= 0.3 is 0 Å². The van der Waals surface area contributed by atoms with Gasteiger partial charge in [-0.15, -0.1) is 0 Å². The molecule has 0 bridgehead atoms. The van der Waals surface area contributed by atoms with Crippen molar-refractivity contribution in [3.63, 3.8) is 0 Å². The number of fused-ring (bicyclic) bond motifs is 1. The monoisotopic (exact) mass is 380 g/mol. The summed E-state index contributed by atoms with van der Waals surface area (Å²) >= 11 is 0. The number of likely N-dealkylation sites (tertiary alicyclic amines) is 1. The number of rotatable bonds is 4. The highest BCUT2D eigenvalue weighted by Gasteiger charge is 2.27. The maximum Gasteiger partial charge on any atom is 0.294 e. The Kier molecular flexibility index (Phi) is 3.92. The predicted molar refractivity (Wildman–Crippen MR) is 104 cm³/mol. The molecule has 7 heteroatoms. The van der Waals surface area contributed by atoms with E-state index in [0.29, 0.717) is 23.8 Å². The molecular formula is C21H24N4O3. The van der Waals surface area contributed by atoms with E-state index in [0.717, 1.165) is 61.6 Å². The van der Waals surface area contributed by atoms with Crippen molar-refractivity contribution in [1.82, 2.24) is 18.9 Å². The van der Waals surface area contributed by atoms with Gasteiger partial charge in [0.25, 0.3) is 11.5 Å². The fourth-order valence-electron chi connectivity index (χ4n) is 4.11. The van der Waals surface area contributed by atoms with Crippen LogP contribution in [0.5, 0.6) is 0 Å². The largest absolute Gasteiger partial charge is 0.466 e. The number of carbonyl (C=O) groups excluding carboxylic acids is 1. The lowest BCUT2D eigenvalue weighted by Gasteiger charge is -2.12. The molecule has 0 spiro atoms. The molecule has 0 aromatic carbocycles. The van der Waals surface area contributed by atoms with Crippen LogP contribution >= 0.6 is 0 Å². The standard InChI is InChI=1S/C21H24N4O3/c1-13-9-16(14(2)28-13)18-12-24-11-17(20(26)23-7-3-4-8-23)22-19(24)21(27)25(18)10-15-5-6-15/h9,11-12,15H,3-8,10H2,1-2H3. The van der Waals surface area contributed by atoms with Gasteiger partial charge in [0.05, 0.1) is 5.69 Å². The molecule has 1 saturated carbocycles. The summed E-state index contributed by atoms with van der Waals surface area (Å²) in [5.41, 5.74) is 2.23. The predicted octanol–water partition coefficient (Wildman–Crippen LogP) is 3.02. The Morgan fingerprint density at radius 3 is 2.61 bits per heavy atom. The zero-order valence-electron chi connectivity index (χ0n) is 16.3. The number of carbonyl (C=O) groups is 1. The molecule has 0 radical (unpaired) electrons. The number of amides is 1. The van der Waals surface area contributed by atoms with Gasteiger partial charge in [-0.05, 0) is 51.5 Å². The fraction of sp³-hybridized carbons (Fsp3) is 0.476. The number of furan rings is 1. The van der Waals surface area contributed by atoms with Crippen molar-refractivity contribution in [2.24, 2.45) is 5.92 Å². The number of aryl methyl sites for hydroxylation is 2. The van der Waals surface area contributed by atoms with Crippen molar-refractivity contribution in [2.45, 2.75) is 46.1 Å². The second-order valence-electron chi connectivity index (χ2n) is 8.06. The highest BCUT2D eigenvalue weighted by Crippen LogP contribution is 2.33. The molecular weight excluding hydrogens is 356 g/mol. The van der Waals surface area contributed by atoms with Crippen LogP contribution in [0.15, 0.2) is 27.7 Å². The van der Waals surface area contributed by atoms with Crippen molar-refractivity contribution in [1.29, 1.82) is 0 Å². The second kappa shape index (κ2) is 6.36. The average molecular weight is 380 g/mol. The van der Waals surface area contributed by atoms with Crippen LogP contribution in [0.2, 0.25) is 0 Å². The highest BCUT2D eigenvalue weighted by atomic mass is 16.3. The van der Waals surface area contributed by atoms with Crippen molar-refractivity contribution in [2.75, 3.05) is 13.1 Å². The highest BCUT2D eigenvalue weighted by molar-refractivity contribution is 5.93. The number of hydrogen-bond donors (Lipinski definition) is 0. The summed E-state index contributed by atoms with van der Waals surface area (Å²) in [5, 5.41) is 0. The third-order valence-corrected chi connectivity index (χ3v) is 5.79. The van der Waals surface area contributed by atoms with E-state index in [1.54, 1.807) is 15.2 Å². The SMILES string of the molecule is Cc1cc(-c2cn3cc(C(=O)N4CCCC4)nc3c(=O)n2CC2CC2)c(C)o1. The van der Waals surface area contributed by atoms with Crippen molar-refractivity contribution in [3.05, 3.63) is 46.0 Å². The summed E-state index contributed by atoms with van der Waals surface area (Å²) in [6.07, 6.45) is 7.93. The van der Waals surface area contributed by atoms with Crippen LogP contribution in [0.4, 0.5) is 0 Å². The van der Waals surface area contributed by atoms with Crippen LogP contribution in [0.1, 0.15) is 47.7 Å². The molecule has 146 valence electrons. The molecule has 0 N–H and O–H groups in total. The quantitative estimate of drug-likeness (QED) is 0.697. The first-order chi connectivity index (χ1) is 13.5. The Labute approximate surface area is 162 Å². The third-order valence-electron chi connectivity index (χ3n) is 5.79. The van der Waals surface area contributed by atoms with Gasteiger partial charge in [0.1, 0.15) is 17.2 Å². The smallest absolute Gasteiger partial charge is 0.294 e. The molecule has 1 amide bonds. The topological polar surface area (TPSA) is 72.8 Å². The summed E-state index contributed by atoms with van der Waals surface area (Å²) < 4.78 is 9.21. The summed E-state index contributed by atoms with van der Waals surface area (Å²) in [6, 6.07) is 1.96. The summed E-state index contributed by atoms with van der Waals surface area (Å²) in [4.78, 5) is 32.3. The normalized spacial score (nSPS) is 17.0. The van der Waals surface area contributed by atoms with E-state index in [4.69, 9.17) is 4.42 Å². The van der Waals surface area contributed by atoms with E-state index in [1.165, 1.54) is 0 Å². The zero-order chi connectivity index (χ0) is 19.4. The van der Waals surface area contributed by atoms with Crippen LogP contribution in [-0.2, 0) is 6.54 Å². The molecule has 2 fully saturated rings. The second-order valence-corrected chi connectivity index (χ2v) is 8.06. The third kappa shape index (κ3) is 2.85. The minimum Gasteiger partial charge on any atom is -0.466 e. The summed E-state index contributed by atoms with van der Waals surface area (Å²) in [5.74, 6) is 2.04. The van der Waals surface area contributed by atoms with Crippen molar-refractivity contribution in [3.8, 4) is 11.3 Å². The molecule has 0 atom stereocenters. The Bertz CT molecular complexity index is 1130. The maximum absolute atomic E-state index is 13.3. The van der Waals surface area contributed by atoms with Gasteiger partial charge in [-0.1, -0.05) is 0 Å². The number of imidazole rings is 1. The fourth-order valence-corrected chi connectivity index (χ4v) is 4.11. The lowest BCUT2D eigenvalue weighted by molar-refractivity contribution is 0.0787. The van der Waals surface area contributed by atoms with Crippen LogP contribution in [0.25, 0.3) is 16.9 Å². The van der Waals surface area contributed by atoms with E-state index in [9.17, 15) is 9.59 Å². The maximum atomic E-state index is 13.3. The Morgan fingerprint density at radius 1 is 1.21 bits per heavy atom. The molecule has 3 aromatic heterocycles. The lowest BCUT2D eigenvalue weighted by atomic mass is 10.1. The van der Waals surface area contributed by atoms with E-state index in [2.05, 4.69) is 4.98 Å². The van der Waals surface area contributed by atoms with Gasteiger partial charge in [0.15, 0.2) is 0 Å². The van der Waals surface area contributed by atoms with Crippen molar-refractivity contribution < 1.29 is 9.21 Å². The number of hydrogen-bond acceptors (Lipinski definition) is 4. The van der Waals surface area contributed by atoms with E-state index in [1.807, 2.05) is 31.0 Å². The summed E-state index contributed by atoms with van der Waals surface area (Å²) in [6.45, 7) is 6.02. The molecule has 1 aliphatic heterocycles. The van der Waals surface area contributed by atoms with Crippen LogP contribution in [0, 0.1) is 19.8 Å². The molecule has 4 heterocycles. The van der Waals surface area contributed by atoms with Gasteiger partial charge in [-0.25, -0.2) is 4.98 Å². The molecule has 1 aliphatic carbocycles. The van der Waals surface area contributed by atoms with Gasteiger partial charge in [0, 0.05) is 37.6 Å². The number of nitrogens with zero attached hydrogens (tertiary/aromatic N) is 4. The number of aromatic nitrogens is 3. The first kappa shape index (κ1) is 17.3. The van der Waals surface area contributed by atoms with Crippen molar-refractivity contribution >= 4 is 11.6 Å². The van der Waals surface area contributed by atoms with Crippen LogP contribution < -0.4 is 5.56 Å². The Morgan fingerprint density at radius 2 is 1.96 bits per heavy atom. The molecule has 5 rings (SSSR count). The molecule has 3 aromatic rings. The molecule has 28 heavy (non-hydrogen) atoms. The van der Waals surface area contributed by atoms with E-state index in [-0.39, 0.29) is 11.5 Å². The van der Waals surface area contributed by atoms with Gasteiger partial charge in [-0.2, -0.15) is 0 Å². The van der Waals surface area contributed by atoms with Gasteiger partial charge < -0.3 is 13.9 Å². The minimum absolute atomic E-state index is 0.0915. The van der Waals surface area contributed by atoms with Gasteiger partial charge in [0.2, 0.25) is 5.65 Å². The molecule has 1 saturated heterocycles. The average Bonchev–Trinajstić information content (AvgIpc) is 3.07. The first-order valence-corrected chi connectivity index (χ1v) is 10.0. The lowest BCUT2D eigenvalue weighted by Crippen LogP contribution is -2.28. The van der Waals surface area contributed by atoms with E-state index >= 15 is 0 Å². The Hall–Kier alpha value is -2.83. The first-order valence-electron chi connectivity index (χ1n) is 10.0. The zero-order valence-corrected chi connectivity index (χ0v) is 16.3. The summed E-state index contributed by atoms with van der Waals surface area (Å²) in [7, 11) is 0. The van der Waals surface area contributed by atoms with Crippen LogP contribution in [0.3, 0.4) is 0 Å². The molecule has 2 aliphatic rings. The molecule has 7 nitrogen and oxygen atoms in total. The van der Waals surface area contributed by atoms with Crippen LogP contribution in [-0.4, -0.2) is 37.8 Å². The minimum atomic E-state index is -0.150. The molecule has 0 unspecified atom stereocenters. The Balaban J connectivity index is 1.66. The van der Waals surface area contributed by atoms with E-state index < -0.39 is 0 Å².